The molecule has 0 radical (unpaired) electrons. The zero-order valence-corrected chi connectivity index (χ0v) is 13.0. The van der Waals surface area contributed by atoms with Crippen molar-refractivity contribution in [2.75, 3.05) is 11.9 Å². The number of nitrogens with zero attached hydrogens (tertiary/aromatic N) is 1. The molecule has 0 spiro atoms. The van der Waals surface area contributed by atoms with Crippen LogP contribution in [0.4, 0.5) is 5.69 Å². The minimum atomic E-state index is -0.283. The van der Waals surface area contributed by atoms with Crippen LogP contribution in [0.25, 0.3) is 10.9 Å². The number of amides is 2. The highest BCUT2D eigenvalue weighted by atomic mass is 16.2. The number of aromatic nitrogens is 1. The maximum absolute atomic E-state index is 12.1. The van der Waals surface area contributed by atoms with E-state index in [-0.39, 0.29) is 24.8 Å². The minimum Gasteiger partial charge on any atom is -0.347 e. The highest BCUT2D eigenvalue weighted by Gasteiger charge is 2.09. The summed E-state index contributed by atoms with van der Waals surface area (Å²) in [6.45, 7) is -0.0745. The van der Waals surface area contributed by atoms with Gasteiger partial charge in [-0.1, -0.05) is 48.5 Å². The zero-order valence-electron chi connectivity index (χ0n) is 13.0. The Bertz CT molecular complexity index is 857. The van der Waals surface area contributed by atoms with Crippen LogP contribution >= 0.6 is 0 Å². The molecule has 0 saturated carbocycles. The first-order valence-electron chi connectivity index (χ1n) is 7.66. The molecule has 0 unspecified atom stereocenters. The molecule has 0 aliphatic heterocycles. The number of carbonyl (C=O) groups excluding carboxylic acids is 2. The van der Waals surface area contributed by atoms with Gasteiger partial charge in [0.2, 0.25) is 11.8 Å². The Morgan fingerprint density at radius 3 is 2.50 bits per heavy atom. The highest BCUT2D eigenvalue weighted by Crippen LogP contribution is 2.20. The molecule has 5 nitrogen and oxygen atoms in total. The van der Waals surface area contributed by atoms with Crippen LogP contribution in [0.2, 0.25) is 0 Å². The van der Waals surface area contributed by atoms with E-state index in [1.165, 1.54) is 0 Å². The molecule has 2 N–H and O–H groups in total. The second-order valence-corrected chi connectivity index (χ2v) is 5.37. The van der Waals surface area contributed by atoms with Gasteiger partial charge in [0.15, 0.2) is 0 Å². The van der Waals surface area contributed by atoms with E-state index in [1.54, 1.807) is 12.3 Å². The van der Waals surface area contributed by atoms with Gasteiger partial charge in [-0.3, -0.25) is 14.6 Å². The van der Waals surface area contributed by atoms with Gasteiger partial charge in [-0.25, -0.2) is 0 Å². The summed E-state index contributed by atoms with van der Waals surface area (Å²) < 4.78 is 0. The minimum absolute atomic E-state index is 0.0745. The summed E-state index contributed by atoms with van der Waals surface area (Å²) in [5.41, 5.74) is 2.27. The number of rotatable bonds is 5. The molecule has 0 aliphatic carbocycles. The van der Waals surface area contributed by atoms with Crippen molar-refractivity contribution in [3.63, 3.8) is 0 Å². The van der Waals surface area contributed by atoms with E-state index in [1.807, 2.05) is 54.6 Å². The first kappa shape index (κ1) is 15.7. The predicted molar refractivity (Wildman–Crippen MR) is 93.5 cm³/mol. The molecule has 1 aromatic heterocycles. The topological polar surface area (TPSA) is 71.1 Å². The van der Waals surface area contributed by atoms with Crippen LogP contribution in [-0.2, 0) is 16.0 Å². The lowest BCUT2D eigenvalue weighted by atomic mass is 10.1. The summed E-state index contributed by atoms with van der Waals surface area (Å²) in [6, 6.07) is 18.8. The molecule has 120 valence electrons. The van der Waals surface area contributed by atoms with E-state index in [9.17, 15) is 9.59 Å². The molecule has 0 saturated heterocycles. The third-order valence-electron chi connectivity index (χ3n) is 3.56. The summed E-state index contributed by atoms with van der Waals surface area (Å²) in [5, 5.41) is 6.36. The SMILES string of the molecule is O=C(Cc1ccccc1)NCC(=O)Nc1cccc2cccnc12. The second-order valence-electron chi connectivity index (χ2n) is 5.37. The van der Waals surface area contributed by atoms with Crippen LogP contribution in [0.15, 0.2) is 66.9 Å². The summed E-state index contributed by atoms with van der Waals surface area (Å²) in [4.78, 5) is 28.2. The van der Waals surface area contributed by atoms with Gasteiger partial charge in [-0.05, 0) is 17.7 Å². The van der Waals surface area contributed by atoms with E-state index in [0.717, 1.165) is 16.5 Å². The molecule has 24 heavy (non-hydrogen) atoms. The van der Waals surface area contributed by atoms with Gasteiger partial charge in [-0.2, -0.15) is 0 Å². The second kappa shape index (κ2) is 7.37. The quantitative estimate of drug-likeness (QED) is 0.759. The summed E-state index contributed by atoms with van der Waals surface area (Å²) in [5.74, 6) is -0.470. The van der Waals surface area contributed by atoms with E-state index in [2.05, 4.69) is 15.6 Å². The fraction of sp³-hybridized carbons (Fsp3) is 0.105. The summed E-state index contributed by atoms with van der Waals surface area (Å²) in [7, 11) is 0. The first-order chi connectivity index (χ1) is 11.7. The Kier molecular flexibility index (Phi) is 4.81. The van der Waals surface area contributed by atoms with Crippen LogP contribution in [0.1, 0.15) is 5.56 Å². The van der Waals surface area contributed by atoms with Gasteiger partial charge < -0.3 is 10.6 Å². The van der Waals surface area contributed by atoms with Gasteiger partial charge >= 0.3 is 0 Å². The summed E-state index contributed by atoms with van der Waals surface area (Å²) in [6.07, 6.45) is 1.93. The van der Waals surface area contributed by atoms with Crippen molar-refractivity contribution >= 4 is 28.4 Å². The van der Waals surface area contributed by atoms with Crippen LogP contribution < -0.4 is 10.6 Å². The number of hydrogen-bond acceptors (Lipinski definition) is 3. The van der Waals surface area contributed by atoms with Crippen molar-refractivity contribution < 1.29 is 9.59 Å². The maximum atomic E-state index is 12.1. The lowest BCUT2D eigenvalue weighted by molar-refractivity contribution is -0.123. The molecule has 3 rings (SSSR count). The fourth-order valence-electron chi connectivity index (χ4n) is 2.42. The number of para-hydroxylation sites is 1. The Morgan fingerprint density at radius 1 is 0.875 bits per heavy atom. The lowest BCUT2D eigenvalue weighted by Gasteiger charge is -2.09. The molecular weight excluding hydrogens is 302 g/mol. The number of hydrogen-bond donors (Lipinski definition) is 2. The predicted octanol–water partition coefficient (Wildman–Crippen LogP) is 2.53. The van der Waals surface area contributed by atoms with E-state index in [0.29, 0.717) is 5.69 Å². The average molecular weight is 319 g/mol. The molecule has 2 aromatic carbocycles. The van der Waals surface area contributed by atoms with E-state index in [4.69, 9.17) is 0 Å². The highest BCUT2D eigenvalue weighted by molar-refractivity contribution is 6.01. The number of nitrogens with one attached hydrogen (secondary N) is 2. The smallest absolute Gasteiger partial charge is 0.243 e. The molecule has 0 aliphatic rings. The third kappa shape index (κ3) is 3.95. The molecule has 0 atom stereocenters. The molecule has 1 heterocycles. The summed E-state index contributed by atoms with van der Waals surface area (Å²) >= 11 is 0. The van der Waals surface area contributed by atoms with Crippen molar-refractivity contribution in [1.29, 1.82) is 0 Å². The largest absolute Gasteiger partial charge is 0.347 e. The molecular formula is C19H17N3O2. The third-order valence-corrected chi connectivity index (χ3v) is 3.56. The van der Waals surface area contributed by atoms with Crippen LogP contribution in [-0.4, -0.2) is 23.3 Å². The normalized spacial score (nSPS) is 10.3. The maximum Gasteiger partial charge on any atom is 0.243 e. The van der Waals surface area contributed by atoms with Crippen LogP contribution in [0, 0.1) is 0 Å². The van der Waals surface area contributed by atoms with Gasteiger partial charge in [0, 0.05) is 11.6 Å². The van der Waals surface area contributed by atoms with Gasteiger partial charge in [0.25, 0.3) is 0 Å². The standard InChI is InChI=1S/C19H17N3O2/c23-17(12-14-6-2-1-3-7-14)21-13-18(24)22-16-10-4-8-15-9-5-11-20-19(15)16/h1-11H,12-13H2,(H,21,23)(H,22,24). The Morgan fingerprint density at radius 2 is 1.67 bits per heavy atom. The van der Waals surface area contributed by atoms with Gasteiger partial charge in [-0.15, -0.1) is 0 Å². The average Bonchev–Trinajstić information content (AvgIpc) is 2.61. The van der Waals surface area contributed by atoms with Gasteiger partial charge in [0.05, 0.1) is 24.2 Å². The van der Waals surface area contributed by atoms with E-state index >= 15 is 0 Å². The zero-order chi connectivity index (χ0) is 16.8. The number of benzene rings is 2. The Hall–Kier alpha value is -3.21. The van der Waals surface area contributed by atoms with Crippen molar-refractivity contribution in [3.05, 3.63) is 72.4 Å². The fourth-order valence-corrected chi connectivity index (χ4v) is 2.42. The number of pyridine rings is 1. The molecule has 0 fully saturated rings. The number of anilines is 1. The molecule has 5 heteroatoms. The van der Waals surface area contributed by atoms with Crippen molar-refractivity contribution in [3.8, 4) is 0 Å². The van der Waals surface area contributed by atoms with Gasteiger partial charge in [0.1, 0.15) is 0 Å². The monoisotopic (exact) mass is 319 g/mol. The van der Waals surface area contributed by atoms with Crippen molar-refractivity contribution in [2.24, 2.45) is 0 Å². The Labute approximate surface area is 139 Å². The first-order valence-corrected chi connectivity index (χ1v) is 7.66. The lowest BCUT2D eigenvalue weighted by Crippen LogP contribution is -2.33. The molecule has 3 aromatic rings. The Balaban J connectivity index is 1.56. The van der Waals surface area contributed by atoms with Crippen LogP contribution in [0.3, 0.4) is 0 Å². The number of carbonyl (C=O) groups is 2. The van der Waals surface area contributed by atoms with Crippen molar-refractivity contribution in [1.82, 2.24) is 10.3 Å². The molecule has 0 bridgehead atoms. The van der Waals surface area contributed by atoms with Crippen LogP contribution in [0.5, 0.6) is 0 Å². The van der Waals surface area contributed by atoms with Crippen molar-refractivity contribution in [2.45, 2.75) is 6.42 Å². The van der Waals surface area contributed by atoms with E-state index < -0.39 is 0 Å². The molecule has 2 amide bonds. The number of fused-ring (bicyclic) bond motifs is 1.